The van der Waals surface area contributed by atoms with Gasteiger partial charge < -0.3 is 14.5 Å². The van der Waals surface area contributed by atoms with Crippen molar-refractivity contribution in [2.24, 2.45) is 0 Å². The molecule has 1 fully saturated rings. The predicted octanol–water partition coefficient (Wildman–Crippen LogP) is 1.29. The summed E-state index contributed by atoms with van der Waals surface area (Å²) in [7, 11) is 1.56. The van der Waals surface area contributed by atoms with E-state index in [2.05, 4.69) is 19.9 Å². The van der Waals surface area contributed by atoms with Crippen LogP contribution in [0.3, 0.4) is 0 Å². The fraction of sp³-hybridized carbons (Fsp3) is 0.375. The molecule has 7 nitrogen and oxygen atoms in total. The Bertz CT molecular complexity index is 747. The number of rotatable bonds is 3. The van der Waals surface area contributed by atoms with Crippen LogP contribution in [0.2, 0.25) is 0 Å². The fourth-order valence-corrected chi connectivity index (χ4v) is 2.65. The molecule has 0 radical (unpaired) electrons. The first-order chi connectivity index (χ1) is 11.6. The maximum atomic E-state index is 13.7. The zero-order chi connectivity index (χ0) is 17.1. The number of nitrogens with zero attached hydrogens (tertiary/aromatic N) is 5. The Kier molecular flexibility index (Phi) is 4.54. The van der Waals surface area contributed by atoms with Gasteiger partial charge in [0.25, 0.3) is 5.91 Å². The number of carbonyl (C=O) groups excluding carboxylic acids is 1. The Morgan fingerprint density at radius 3 is 2.67 bits per heavy atom. The number of methoxy groups -OCH3 is 1. The lowest BCUT2D eigenvalue weighted by Crippen LogP contribution is -2.49. The molecule has 1 aliphatic heterocycles. The first-order valence-corrected chi connectivity index (χ1v) is 7.62. The topological polar surface area (TPSA) is 71.5 Å². The molecule has 1 aliphatic rings. The van der Waals surface area contributed by atoms with Crippen LogP contribution in [-0.2, 0) is 0 Å². The number of aryl methyl sites for hydroxylation is 1. The number of carbonyl (C=O) groups is 1. The molecule has 8 heteroatoms. The highest BCUT2D eigenvalue weighted by atomic mass is 19.1. The van der Waals surface area contributed by atoms with Gasteiger partial charge >= 0.3 is 0 Å². The molecule has 2 aromatic heterocycles. The molecule has 0 bridgehead atoms. The second-order valence-corrected chi connectivity index (χ2v) is 5.45. The van der Waals surface area contributed by atoms with Crippen LogP contribution in [0.4, 0.5) is 10.2 Å². The number of piperazine rings is 1. The highest BCUT2D eigenvalue weighted by Gasteiger charge is 2.25. The summed E-state index contributed by atoms with van der Waals surface area (Å²) < 4.78 is 18.9. The largest absolute Gasteiger partial charge is 0.481 e. The molecule has 3 heterocycles. The Balaban J connectivity index is 1.69. The minimum atomic E-state index is -0.596. The normalized spacial score (nSPS) is 14.6. The Morgan fingerprint density at radius 1 is 1.25 bits per heavy atom. The van der Waals surface area contributed by atoms with Gasteiger partial charge in [-0.3, -0.25) is 9.78 Å². The van der Waals surface area contributed by atoms with Crippen molar-refractivity contribution in [3.63, 3.8) is 0 Å². The van der Waals surface area contributed by atoms with Crippen molar-refractivity contribution in [2.45, 2.75) is 6.92 Å². The van der Waals surface area contributed by atoms with E-state index in [1.165, 1.54) is 12.3 Å². The van der Waals surface area contributed by atoms with E-state index in [0.717, 1.165) is 12.0 Å². The second kappa shape index (κ2) is 6.77. The van der Waals surface area contributed by atoms with Gasteiger partial charge in [-0.1, -0.05) is 0 Å². The molecular formula is C16H18FN5O2. The summed E-state index contributed by atoms with van der Waals surface area (Å²) in [6.07, 6.45) is 2.47. The number of aromatic nitrogens is 3. The highest BCUT2D eigenvalue weighted by Crippen LogP contribution is 2.19. The standard InChI is InChI=1S/C16H18FN5O2/c1-11-19-14(9-15(20-11)24-2)21-5-7-22(8-6-21)16(23)12-3-4-18-10-13(12)17/h3-4,9-10H,5-8H2,1-2H3. The van der Waals surface area contributed by atoms with Gasteiger partial charge in [-0.15, -0.1) is 0 Å². The Morgan fingerprint density at radius 2 is 2.00 bits per heavy atom. The number of anilines is 1. The zero-order valence-corrected chi connectivity index (χ0v) is 13.6. The number of hydrogen-bond acceptors (Lipinski definition) is 6. The minimum absolute atomic E-state index is 0.0537. The molecule has 0 saturated carbocycles. The Labute approximate surface area is 139 Å². The summed E-state index contributed by atoms with van der Waals surface area (Å²) in [5, 5.41) is 0. The van der Waals surface area contributed by atoms with Crippen LogP contribution in [0.25, 0.3) is 0 Å². The highest BCUT2D eigenvalue weighted by molar-refractivity contribution is 5.94. The summed E-state index contributed by atoms with van der Waals surface area (Å²) in [5.41, 5.74) is 0.0537. The van der Waals surface area contributed by atoms with Crippen LogP contribution >= 0.6 is 0 Å². The smallest absolute Gasteiger partial charge is 0.257 e. The maximum Gasteiger partial charge on any atom is 0.257 e. The van der Waals surface area contributed by atoms with E-state index in [1.807, 2.05) is 0 Å². The number of halogens is 1. The summed E-state index contributed by atoms with van der Waals surface area (Å²) in [6.45, 7) is 4.01. The Hall–Kier alpha value is -2.77. The summed E-state index contributed by atoms with van der Waals surface area (Å²) in [5.74, 6) is 0.991. The first kappa shape index (κ1) is 16.1. The van der Waals surface area contributed by atoms with Crippen molar-refractivity contribution in [1.82, 2.24) is 19.9 Å². The van der Waals surface area contributed by atoms with Crippen LogP contribution in [0.15, 0.2) is 24.5 Å². The lowest BCUT2D eigenvalue weighted by atomic mass is 10.2. The van der Waals surface area contributed by atoms with E-state index in [-0.39, 0.29) is 11.5 Å². The average Bonchev–Trinajstić information content (AvgIpc) is 2.61. The average molecular weight is 331 g/mol. The molecule has 1 saturated heterocycles. The molecule has 126 valence electrons. The number of ether oxygens (including phenoxy) is 1. The van der Waals surface area contributed by atoms with Gasteiger partial charge in [-0.25, -0.2) is 9.37 Å². The second-order valence-electron chi connectivity index (χ2n) is 5.45. The first-order valence-electron chi connectivity index (χ1n) is 7.62. The SMILES string of the molecule is COc1cc(N2CCN(C(=O)c3ccncc3F)CC2)nc(C)n1. The van der Waals surface area contributed by atoms with E-state index >= 15 is 0 Å². The quantitative estimate of drug-likeness (QED) is 0.844. The third-order valence-corrected chi connectivity index (χ3v) is 3.90. The predicted molar refractivity (Wildman–Crippen MR) is 85.6 cm³/mol. The summed E-state index contributed by atoms with van der Waals surface area (Å²) >= 11 is 0. The molecule has 0 aliphatic carbocycles. The molecule has 0 atom stereocenters. The maximum absolute atomic E-state index is 13.7. The van der Waals surface area contributed by atoms with Crippen LogP contribution in [0, 0.1) is 12.7 Å². The fourth-order valence-electron chi connectivity index (χ4n) is 2.65. The van der Waals surface area contributed by atoms with Crippen LogP contribution in [0.1, 0.15) is 16.2 Å². The number of hydrogen-bond donors (Lipinski definition) is 0. The molecule has 24 heavy (non-hydrogen) atoms. The lowest BCUT2D eigenvalue weighted by molar-refractivity contribution is 0.0741. The summed E-state index contributed by atoms with van der Waals surface area (Å²) in [6, 6.07) is 3.18. The van der Waals surface area contributed by atoms with E-state index in [0.29, 0.717) is 37.9 Å². The molecule has 2 aromatic rings. The molecule has 0 N–H and O–H groups in total. The third kappa shape index (κ3) is 3.27. The van der Waals surface area contributed by atoms with Gasteiger partial charge in [-0.2, -0.15) is 4.98 Å². The number of amides is 1. The molecule has 0 aromatic carbocycles. The van der Waals surface area contributed by atoms with Gasteiger partial charge in [0, 0.05) is 38.4 Å². The van der Waals surface area contributed by atoms with Crippen molar-refractivity contribution < 1.29 is 13.9 Å². The minimum Gasteiger partial charge on any atom is -0.481 e. The molecule has 0 unspecified atom stereocenters. The lowest BCUT2D eigenvalue weighted by Gasteiger charge is -2.35. The zero-order valence-electron chi connectivity index (χ0n) is 13.6. The van der Waals surface area contributed by atoms with Crippen LogP contribution in [0.5, 0.6) is 5.88 Å². The van der Waals surface area contributed by atoms with Gasteiger partial charge in [0.15, 0.2) is 5.82 Å². The molecule has 3 rings (SSSR count). The van der Waals surface area contributed by atoms with Gasteiger partial charge in [0.1, 0.15) is 11.6 Å². The van der Waals surface area contributed by atoms with Crippen molar-refractivity contribution in [1.29, 1.82) is 0 Å². The molecule has 0 spiro atoms. The van der Waals surface area contributed by atoms with Crippen molar-refractivity contribution >= 4 is 11.7 Å². The van der Waals surface area contributed by atoms with E-state index < -0.39 is 5.82 Å². The summed E-state index contributed by atoms with van der Waals surface area (Å²) in [4.78, 5) is 28.4. The van der Waals surface area contributed by atoms with Crippen LogP contribution in [-0.4, -0.2) is 59.0 Å². The van der Waals surface area contributed by atoms with Gasteiger partial charge in [0.05, 0.1) is 18.9 Å². The van der Waals surface area contributed by atoms with Gasteiger partial charge in [-0.05, 0) is 13.0 Å². The monoisotopic (exact) mass is 331 g/mol. The number of pyridine rings is 1. The van der Waals surface area contributed by atoms with E-state index in [4.69, 9.17) is 4.74 Å². The van der Waals surface area contributed by atoms with E-state index in [9.17, 15) is 9.18 Å². The van der Waals surface area contributed by atoms with Crippen molar-refractivity contribution in [3.8, 4) is 5.88 Å². The van der Waals surface area contributed by atoms with Crippen LogP contribution < -0.4 is 9.64 Å². The molecular weight excluding hydrogens is 313 g/mol. The van der Waals surface area contributed by atoms with Gasteiger partial charge in [0.2, 0.25) is 5.88 Å². The van der Waals surface area contributed by atoms with Crippen molar-refractivity contribution in [2.75, 3.05) is 38.2 Å². The third-order valence-electron chi connectivity index (χ3n) is 3.90. The molecule has 1 amide bonds. The van der Waals surface area contributed by atoms with Crippen molar-refractivity contribution in [3.05, 3.63) is 41.7 Å². The van der Waals surface area contributed by atoms with E-state index in [1.54, 1.807) is 25.0 Å².